The van der Waals surface area contributed by atoms with Crippen molar-refractivity contribution in [3.63, 3.8) is 0 Å². The molecule has 2 saturated heterocycles. The number of aliphatic hydroxyl groups excluding tert-OH is 1. The van der Waals surface area contributed by atoms with Gasteiger partial charge in [0.25, 0.3) is 0 Å². The van der Waals surface area contributed by atoms with Crippen LogP contribution in [-0.4, -0.2) is 48.7 Å². The summed E-state index contributed by atoms with van der Waals surface area (Å²) in [6.45, 7) is 3.54. The van der Waals surface area contributed by atoms with Crippen LogP contribution in [0.3, 0.4) is 0 Å². The molecule has 0 aromatic rings. The van der Waals surface area contributed by atoms with E-state index in [0.717, 1.165) is 0 Å². The molecule has 0 bridgehead atoms. The van der Waals surface area contributed by atoms with E-state index in [4.69, 9.17) is 24.2 Å². The van der Waals surface area contributed by atoms with Crippen molar-refractivity contribution in [2.75, 3.05) is 7.11 Å². The van der Waals surface area contributed by atoms with Crippen molar-refractivity contribution < 1.29 is 24.1 Å². The summed E-state index contributed by atoms with van der Waals surface area (Å²) in [6, 6.07) is 1.73. The molecule has 0 spiro atoms. The number of nitrogens with zero attached hydrogens (tertiary/aromatic N) is 1. The van der Waals surface area contributed by atoms with E-state index in [9.17, 15) is 5.11 Å². The number of methoxy groups -OCH3 is 1. The van der Waals surface area contributed by atoms with E-state index < -0.39 is 36.5 Å². The van der Waals surface area contributed by atoms with E-state index >= 15 is 0 Å². The average molecular weight is 229 g/mol. The van der Waals surface area contributed by atoms with E-state index in [-0.39, 0.29) is 0 Å². The van der Waals surface area contributed by atoms with Crippen molar-refractivity contribution in [3.8, 4) is 6.07 Å². The molecule has 0 amide bonds. The van der Waals surface area contributed by atoms with Gasteiger partial charge in [0.05, 0.1) is 6.07 Å². The molecule has 0 unspecified atom stereocenters. The summed E-state index contributed by atoms with van der Waals surface area (Å²) in [5.41, 5.74) is 0. The number of ether oxygens (including phenoxy) is 4. The highest BCUT2D eigenvalue weighted by Crippen LogP contribution is 2.39. The molecule has 0 saturated carbocycles. The fourth-order valence-corrected chi connectivity index (χ4v) is 2.11. The van der Waals surface area contributed by atoms with Crippen molar-refractivity contribution >= 4 is 0 Å². The second-order valence-electron chi connectivity index (χ2n) is 4.34. The first-order chi connectivity index (χ1) is 7.48. The average Bonchev–Trinajstić information content (AvgIpc) is 2.69. The van der Waals surface area contributed by atoms with Gasteiger partial charge in [-0.15, -0.1) is 0 Å². The third-order valence-electron chi connectivity index (χ3n) is 2.72. The Labute approximate surface area is 93.7 Å². The van der Waals surface area contributed by atoms with Gasteiger partial charge in [0.2, 0.25) is 0 Å². The van der Waals surface area contributed by atoms with E-state index in [1.807, 2.05) is 0 Å². The van der Waals surface area contributed by atoms with Crippen LogP contribution in [0.15, 0.2) is 0 Å². The Morgan fingerprint density at radius 2 is 2.00 bits per heavy atom. The minimum absolute atomic E-state index is 0.409. The lowest BCUT2D eigenvalue weighted by molar-refractivity contribution is -0.233. The summed E-state index contributed by atoms with van der Waals surface area (Å²) in [6.07, 6.45) is -3.48. The predicted molar refractivity (Wildman–Crippen MR) is 51.1 cm³/mol. The molecule has 90 valence electrons. The summed E-state index contributed by atoms with van der Waals surface area (Å²) in [4.78, 5) is 0. The molecule has 16 heavy (non-hydrogen) atoms. The minimum atomic E-state index is -1.25. The summed E-state index contributed by atoms with van der Waals surface area (Å²) in [7, 11) is 1.48. The lowest BCUT2D eigenvalue weighted by Gasteiger charge is -2.23. The predicted octanol–water partition coefficient (Wildman–Crippen LogP) is -0.238. The van der Waals surface area contributed by atoms with Crippen LogP contribution in [0.2, 0.25) is 0 Å². The van der Waals surface area contributed by atoms with E-state index in [2.05, 4.69) is 0 Å². The zero-order valence-electron chi connectivity index (χ0n) is 9.41. The Hall–Kier alpha value is -0.710. The molecule has 2 fully saturated rings. The van der Waals surface area contributed by atoms with Crippen LogP contribution in [0.5, 0.6) is 0 Å². The van der Waals surface area contributed by atoms with Gasteiger partial charge < -0.3 is 24.1 Å². The summed E-state index contributed by atoms with van der Waals surface area (Å²) < 4.78 is 21.7. The van der Waals surface area contributed by atoms with Gasteiger partial charge in [-0.3, -0.25) is 0 Å². The molecule has 2 heterocycles. The summed E-state index contributed by atoms with van der Waals surface area (Å²) in [5.74, 6) is -0.747. The number of fused-ring (bicyclic) bond motifs is 1. The molecular formula is C10H15NO5. The van der Waals surface area contributed by atoms with Crippen molar-refractivity contribution in [1.29, 1.82) is 5.26 Å². The van der Waals surface area contributed by atoms with Crippen LogP contribution < -0.4 is 0 Å². The minimum Gasteiger partial charge on any atom is -0.375 e. The second kappa shape index (κ2) is 3.95. The zero-order valence-corrected chi connectivity index (χ0v) is 9.41. The van der Waals surface area contributed by atoms with E-state index in [1.165, 1.54) is 7.11 Å². The topological polar surface area (TPSA) is 80.9 Å². The Bertz CT molecular complexity index is 313. The highest BCUT2D eigenvalue weighted by atomic mass is 16.8. The standard InChI is InChI=1S/C10H15NO5/c1-10(2)15-7-6(5(12)4-11)14-9(13-3)8(7)16-10/h5-9,12H,1-3H3/t5-,6-,7+,8+,9+/m1/s1. The first-order valence-electron chi connectivity index (χ1n) is 5.10. The van der Waals surface area contributed by atoms with Crippen LogP contribution in [0.25, 0.3) is 0 Å². The quantitative estimate of drug-likeness (QED) is 0.658. The molecular weight excluding hydrogens is 214 g/mol. The molecule has 5 atom stereocenters. The molecule has 6 heteroatoms. The fourth-order valence-electron chi connectivity index (χ4n) is 2.11. The Balaban J connectivity index is 2.18. The normalized spacial score (nSPS) is 42.7. The number of hydrogen-bond acceptors (Lipinski definition) is 6. The van der Waals surface area contributed by atoms with Crippen molar-refractivity contribution in [1.82, 2.24) is 0 Å². The number of nitriles is 1. The number of hydrogen-bond donors (Lipinski definition) is 1. The monoisotopic (exact) mass is 229 g/mol. The van der Waals surface area contributed by atoms with Crippen LogP contribution >= 0.6 is 0 Å². The smallest absolute Gasteiger partial charge is 0.186 e. The molecule has 0 aliphatic carbocycles. The number of aliphatic hydroxyl groups is 1. The number of rotatable bonds is 2. The molecule has 2 aliphatic rings. The lowest BCUT2D eigenvalue weighted by atomic mass is 10.1. The highest BCUT2D eigenvalue weighted by Gasteiger charge is 2.57. The molecule has 6 nitrogen and oxygen atoms in total. The molecule has 2 rings (SSSR count). The van der Waals surface area contributed by atoms with Crippen molar-refractivity contribution in [3.05, 3.63) is 0 Å². The van der Waals surface area contributed by atoms with Crippen LogP contribution in [0, 0.1) is 11.3 Å². The van der Waals surface area contributed by atoms with Gasteiger partial charge in [-0.25, -0.2) is 0 Å². The largest absolute Gasteiger partial charge is 0.375 e. The van der Waals surface area contributed by atoms with E-state index in [1.54, 1.807) is 19.9 Å². The Kier molecular flexibility index (Phi) is 2.90. The third kappa shape index (κ3) is 1.81. The summed E-state index contributed by atoms with van der Waals surface area (Å²) in [5, 5.41) is 18.2. The van der Waals surface area contributed by atoms with Gasteiger partial charge in [0.1, 0.15) is 18.3 Å². The third-order valence-corrected chi connectivity index (χ3v) is 2.72. The first kappa shape index (κ1) is 11.8. The van der Waals surface area contributed by atoms with E-state index in [0.29, 0.717) is 0 Å². The zero-order chi connectivity index (χ0) is 11.9. The van der Waals surface area contributed by atoms with Gasteiger partial charge in [-0.05, 0) is 13.8 Å². The van der Waals surface area contributed by atoms with Crippen molar-refractivity contribution in [2.24, 2.45) is 0 Å². The first-order valence-corrected chi connectivity index (χ1v) is 5.10. The highest BCUT2D eigenvalue weighted by molar-refractivity contribution is 5.03. The molecule has 0 aromatic heterocycles. The molecule has 1 N–H and O–H groups in total. The maximum atomic E-state index is 9.51. The second-order valence-corrected chi connectivity index (χ2v) is 4.34. The Morgan fingerprint density at radius 1 is 1.38 bits per heavy atom. The molecule has 2 aliphatic heterocycles. The SMILES string of the molecule is CO[C@H]1O[C@H]([C@H](O)C#N)[C@@H]2OC(C)(C)O[C@H]12. The van der Waals surface area contributed by atoms with Gasteiger partial charge in [0.15, 0.2) is 18.2 Å². The fraction of sp³-hybridized carbons (Fsp3) is 0.900. The van der Waals surface area contributed by atoms with Crippen LogP contribution in [-0.2, 0) is 18.9 Å². The maximum absolute atomic E-state index is 9.51. The Morgan fingerprint density at radius 3 is 2.56 bits per heavy atom. The van der Waals surface area contributed by atoms with Gasteiger partial charge >= 0.3 is 0 Å². The van der Waals surface area contributed by atoms with Crippen molar-refractivity contribution in [2.45, 2.75) is 50.3 Å². The lowest BCUT2D eigenvalue weighted by Crippen LogP contribution is -2.37. The van der Waals surface area contributed by atoms with Crippen LogP contribution in [0.1, 0.15) is 13.8 Å². The van der Waals surface area contributed by atoms with Gasteiger partial charge in [0, 0.05) is 7.11 Å². The van der Waals surface area contributed by atoms with Gasteiger partial charge in [-0.2, -0.15) is 5.26 Å². The molecule has 0 radical (unpaired) electrons. The maximum Gasteiger partial charge on any atom is 0.186 e. The summed E-state index contributed by atoms with van der Waals surface area (Å²) >= 11 is 0. The molecule has 0 aromatic carbocycles. The van der Waals surface area contributed by atoms with Gasteiger partial charge in [-0.1, -0.05) is 0 Å². The van der Waals surface area contributed by atoms with Crippen LogP contribution in [0.4, 0.5) is 0 Å².